The first-order valence-electron chi connectivity index (χ1n) is 7.15. The summed E-state index contributed by atoms with van der Waals surface area (Å²) in [6.07, 6.45) is 0.696. The molecule has 2 nitrogen and oxygen atoms in total. The lowest BCUT2D eigenvalue weighted by Crippen LogP contribution is -2.28. The topological polar surface area (TPSA) is 29.3 Å². The van der Waals surface area contributed by atoms with Crippen LogP contribution in [0.4, 0.5) is 0 Å². The van der Waals surface area contributed by atoms with Crippen molar-refractivity contribution in [1.29, 1.82) is 0 Å². The predicted molar refractivity (Wildman–Crippen MR) is 93.2 cm³/mol. The molecule has 3 heteroatoms. The third kappa shape index (κ3) is 4.66. The van der Waals surface area contributed by atoms with Gasteiger partial charge in [-0.15, -0.1) is 0 Å². The maximum atomic E-state index is 5.79. The molecular formula is C18H22N2S. The maximum absolute atomic E-state index is 5.79. The molecule has 2 aromatic rings. The van der Waals surface area contributed by atoms with Crippen LogP contribution in [0, 0.1) is 6.92 Å². The molecule has 0 aliphatic carbocycles. The first-order chi connectivity index (χ1) is 10.1. The normalized spacial score (nSPS) is 12.3. The Morgan fingerprint density at radius 3 is 2.29 bits per heavy atom. The number of rotatable bonds is 6. The van der Waals surface area contributed by atoms with Crippen molar-refractivity contribution in [2.24, 2.45) is 5.73 Å². The van der Waals surface area contributed by atoms with Gasteiger partial charge in [-0.2, -0.15) is 0 Å². The quantitative estimate of drug-likeness (QED) is 0.822. The molecule has 110 valence electrons. The van der Waals surface area contributed by atoms with E-state index in [1.165, 1.54) is 16.7 Å². The van der Waals surface area contributed by atoms with Gasteiger partial charge in [-0.05, 0) is 25.1 Å². The van der Waals surface area contributed by atoms with Gasteiger partial charge in [0.1, 0.15) is 0 Å². The van der Waals surface area contributed by atoms with Gasteiger partial charge in [-0.1, -0.05) is 72.4 Å². The molecule has 0 bridgehead atoms. The third-order valence-corrected chi connectivity index (χ3v) is 3.83. The second-order valence-corrected chi connectivity index (χ2v) is 6.02. The lowest BCUT2D eigenvalue weighted by atomic mass is 10.0. The van der Waals surface area contributed by atoms with Crippen LogP contribution in [-0.2, 0) is 6.54 Å². The summed E-state index contributed by atoms with van der Waals surface area (Å²) in [6.45, 7) is 2.98. The number of hydrogen-bond donors (Lipinski definition) is 1. The first kappa shape index (κ1) is 15.7. The molecule has 0 aliphatic rings. The number of nitrogens with two attached hydrogens (primary N) is 1. The van der Waals surface area contributed by atoms with Crippen LogP contribution in [0.3, 0.4) is 0 Å². The van der Waals surface area contributed by atoms with Gasteiger partial charge in [0, 0.05) is 19.0 Å². The van der Waals surface area contributed by atoms with Crippen molar-refractivity contribution in [2.45, 2.75) is 25.9 Å². The molecule has 0 saturated carbocycles. The van der Waals surface area contributed by atoms with Crippen LogP contribution in [-0.4, -0.2) is 16.9 Å². The van der Waals surface area contributed by atoms with Crippen molar-refractivity contribution in [3.63, 3.8) is 0 Å². The van der Waals surface area contributed by atoms with Gasteiger partial charge >= 0.3 is 0 Å². The van der Waals surface area contributed by atoms with Crippen molar-refractivity contribution in [3.05, 3.63) is 71.3 Å². The molecule has 21 heavy (non-hydrogen) atoms. The number of aryl methyl sites for hydroxylation is 1. The van der Waals surface area contributed by atoms with E-state index in [1.807, 2.05) is 6.07 Å². The summed E-state index contributed by atoms with van der Waals surface area (Å²) >= 11 is 5.12. The minimum absolute atomic E-state index is 0.213. The summed E-state index contributed by atoms with van der Waals surface area (Å²) < 4.78 is 0. The highest BCUT2D eigenvalue weighted by Crippen LogP contribution is 2.24. The Labute approximate surface area is 132 Å². The zero-order valence-corrected chi connectivity index (χ0v) is 13.4. The minimum atomic E-state index is 0.213. The molecule has 0 fully saturated rings. The molecule has 0 aromatic heterocycles. The van der Waals surface area contributed by atoms with Crippen molar-refractivity contribution >= 4 is 17.2 Å². The van der Waals surface area contributed by atoms with Crippen LogP contribution in [0.15, 0.2) is 54.6 Å². The molecule has 0 radical (unpaired) electrons. The fourth-order valence-corrected chi connectivity index (χ4v) is 2.64. The number of thiocarbonyl (C=S) groups is 1. The fraction of sp³-hybridized carbons (Fsp3) is 0.278. The average Bonchev–Trinajstić information content (AvgIpc) is 2.48. The zero-order valence-electron chi connectivity index (χ0n) is 12.6. The number of benzene rings is 2. The molecule has 0 saturated heterocycles. The van der Waals surface area contributed by atoms with Crippen molar-refractivity contribution in [1.82, 2.24) is 4.90 Å². The van der Waals surface area contributed by atoms with Crippen LogP contribution in [0.5, 0.6) is 0 Å². The monoisotopic (exact) mass is 298 g/mol. The van der Waals surface area contributed by atoms with Crippen LogP contribution < -0.4 is 5.73 Å². The minimum Gasteiger partial charge on any atom is -0.393 e. The molecular weight excluding hydrogens is 276 g/mol. The van der Waals surface area contributed by atoms with Crippen LogP contribution in [0.1, 0.15) is 29.2 Å². The summed E-state index contributed by atoms with van der Waals surface area (Å²) in [4.78, 5) is 2.86. The van der Waals surface area contributed by atoms with E-state index in [1.54, 1.807) is 0 Å². The van der Waals surface area contributed by atoms with E-state index in [2.05, 4.69) is 67.4 Å². The lowest BCUT2D eigenvalue weighted by molar-refractivity contribution is 0.242. The fourth-order valence-electron chi connectivity index (χ4n) is 2.49. The molecule has 1 atom stereocenters. The van der Waals surface area contributed by atoms with Crippen molar-refractivity contribution in [3.8, 4) is 0 Å². The summed E-state index contributed by atoms with van der Waals surface area (Å²) in [6, 6.07) is 19.3. The van der Waals surface area contributed by atoms with Gasteiger partial charge in [0.25, 0.3) is 0 Å². The van der Waals surface area contributed by atoms with Gasteiger partial charge in [-0.25, -0.2) is 0 Å². The number of nitrogens with zero attached hydrogens (tertiary/aromatic N) is 1. The SMILES string of the molecule is Cc1ccc(CN(C)C(CC(N)=S)c2ccccc2)cc1. The smallest absolute Gasteiger partial charge is 0.0746 e. The molecule has 1 unspecified atom stereocenters. The summed E-state index contributed by atoms with van der Waals surface area (Å²) in [5.41, 5.74) is 9.62. The van der Waals surface area contributed by atoms with Gasteiger partial charge in [-0.3, -0.25) is 4.90 Å². The second kappa shape index (κ2) is 7.34. The second-order valence-electron chi connectivity index (χ2n) is 5.50. The summed E-state index contributed by atoms with van der Waals surface area (Å²) in [7, 11) is 2.12. The maximum Gasteiger partial charge on any atom is 0.0746 e. The van der Waals surface area contributed by atoms with Gasteiger partial charge in [0.2, 0.25) is 0 Å². The molecule has 2 aromatic carbocycles. The van der Waals surface area contributed by atoms with Gasteiger partial charge < -0.3 is 5.73 Å². The molecule has 0 spiro atoms. The van der Waals surface area contributed by atoms with Crippen LogP contribution in [0.25, 0.3) is 0 Å². The van der Waals surface area contributed by atoms with E-state index < -0.39 is 0 Å². The van der Waals surface area contributed by atoms with Crippen molar-refractivity contribution < 1.29 is 0 Å². The standard InChI is InChI=1S/C18H22N2S/c1-14-8-10-15(11-9-14)13-20(2)17(12-18(19)21)16-6-4-3-5-7-16/h3-11,17H,12-13H2,1-2H3,(H2,19,21). The molecule has 0 amide bonds. The molecule has 2 rings (SSSR count). The Balaban J connectivity index is 2.16. The highest BCUT2D eigenvalue weighted by molar-refractivity contribution is 7.80. The Bertz CT molecular complexity index is 578. The highest BCUT2D eigenvalue weighted by Gasteiger charge is 2.18. The Kier molecular flexibility index (Phi) is 5.48. The highest BCUT2D eigenvalue weighted by atomic mass is 32.1. The average molecular weight is 298 g/mol. The van der Waals surface area contributed by atoms with E-state index >= 15 is 0 Å². The Morgan fingerprint density at radius 1 is 1.10 bits per heavy atom. The van der Waals surface area contributed by atoms with E-state index in [-0.39, 0.29) is 6.04 Å². The molecule has 0 aliphatic heterocycles. The first-order valence-corrected chi connectivity index (χ1v) is 7.56. The van der Waals surface area contributed by atoms with E-state index in [9.17, 15) is 0 Å². The lowest BCUT2D eigenvalue weighted by Gasteiger charge is -2.28. The third-order valence-electron chi connectivity index (χ3n) is 3.66. The zero-order chi connectivity index (χ0) is 15.2. The van der Waals surface area contributed by atoms with Crippen molar-refractivity contribution in [2.75, 3.05) is 7.05 Å². The molecule has 0 heterocycles. The van der Waals surface area contributed by atoms with E-state index in [0.29, 0.717) is 11.4 Å². The van der Waals surface area contributed by atoms with Gasteiger partial charge in [0.15, 0.2) is 0 Å². The summed E-state index contributed by atoms with van der Waals surface area (Å²) in [5.74, 6) is 0. The van der Waals surface area contributed by atoms with Gasteiger partial charge in [0.05, 0.1) is 4.99 Å². The van der Waals surface area contributed by atoms with E-state index in [0.717, 1.165) is 6.54 Å². The van der Waals surface area contributed by atoms with E-state index in [4.69, 9.17) is 18.0 Å². The molecule has 2 N–H and O–H groups in total. The Morgan fingerprint density at radius 2 is 1.71 bits per heavy atom. The van der Waals surface area contributed by atoms with Crippen LogP contribution >= 0.6 is 12.2 Å². The Hall–Kier alpha value is -1.71. The largest absolute Gasteiger partial charge is 0.393 e. The summed E-state index contributed by atoms with van der Waals surface area (Å²) in [5, 5.41) is 0. The van der Waals surface area contributed by atoms with Crippen LogP contribution in [0.2, 0.25) is 0 Å². The predicted octanol–water partition coefficient (Wildman–Crippen LogP) is 3.84. The number of hydrogen-bond acceptors (Lipinski definition) is 2.